The standard InChI is InChI=1S/C13H21FN2O2/c1-16(8-13(17)9-18-2)7-10-3-4-12(14)5-11(10)6-15/h3-5,13,17H,6-9,15H2,1-2H3. The number of aliphatic hydroxyl groups is 1. The Bertz CT molecular complexity index is 374. The first-order valence-corrected chi connectivity index (χ1v) is 5.89. The second-order valence-corrected chi connectivity index (χ2v) is 4.42. The molecule has 5 heteroatoms. The van der Waals surface area contributed by atoms with E-state index in [-0.39, 0.29) is 5.82 Å². The first-order valence-electron chi connectivity index (χ1n) is 5.89. The Morgan fingerprint density at radius 2 is 2.17 bits per heavy atom. The Balaban J connectivity index is 2.61. The van der Waals surface area contributed by atoms with Crippen LogP contribution < -0.4 is 5.73 Å². The number of hydrogen-bond acceptors (Lipinski definition) is 4. The van der Waals surface area contributed by atoms with Crippen molar-refractivity contribution in [3.8, 4) is 0 Å². The van der Waals surface area contributed by atoms with Crippen LogP contribution in [0.5, 0.6) is 0 Å². The van der Waals surface area contributed by atoms with Crippen molar-refractivity contribution in [3.05, 3.63) is 35.1 Å². The lowest BCUT2D eigenvalue weighted by molar-refractivity contribution is 0.0418. The zero-order valence-electron chi connectivity index (χ0n) is 10.9. The second-order valence-electron chi connectivity index (χ2n) is 4.42. The number of methoxy groups -OCH3 is 1. The highest BCUT2D eigenvalue weighted by Gasteiger charge is 2.10. The predicted octanol–water partition coefficient (Wildman–Crippen LogP) is 0.723. The Hall–Kier alpha value is -1.01. The highest BCUT2D eigenvalue weighted by atomic mass is 19.1. The lowest BCUT2D eigenvalue weighted by Crippen LogP contribution is -2.31. The second kappa shape index (κ2) is 7.43. The molecule has 102 valence electrons. The number of aliphatic hydroxyl groups excluding tert-OH is 1. The van der Waals surface area contributed by atoms with E-state index >= 15 is 0 Å². The average molecular weight is 256 g/mol. The molecule has 0 radical (unpaired) electrons. The first kappa shape index (κ1) is 15.0. The number of ether oxygens (including phenoxy) is 1. The van der Waals surface area contributed by atoms with Gasteiger partial charge >= 0.3 is 0 Å². The molecule has 0 saturated carbocycles. The smallest absolute Gasteiger partial charge is 0.123 e. The van der Waals surface area contributed by atoms with Gasteiger partial charge in [-0.1, -0.05) is 6.07 Å². The molecule has 0 aliphatic carbocycles. The molecule has 3 N–H and O–H groups in total. The van der Waals surface area contributed by atoms with Gasteiger partial charge in [0, 0.05) is 26.7 Å². The van der Waals surface area contributed by atoms with E-state index in [4.69, 9.17) is 10.5 Å². The minimum atomic E-state index is -0.526. The van der Waals surface area contributed by atoms with Crippen LogP contribution >= 0.6 is 0 Å². The van der Waals surface area contributed by atoms with Gasteiger partial charge in [-0.25, -0.2) is 4.39 Å². The molecule has 18 heavy (non-hydrogen) atoms. The minimum Gasteiger partial charge on any atom is -0.389 e. The van der Waals surface area contributed by atoms with Gasteiger partial charge in [-0.3, -0.25) is 4.90 Å². The average Bonchev–Trinajstić information content (AvgIpc) is 2.31. The summed E-state index contributed by atoms with van der Waals surface area (Å²) in [6.07, 6.45) is -0.526. The SMILES string of the molecule is COCC(O)CN(C)Cc1ccc(F)cc1CN. The number of nitrogens with zero attached hydrogens (tertiary/aromatic N) is 1. The van der Waals surface area contributed by atoms with Crippen LogP contribution in [0.25, 0.3) is 0 Å². The molecule has 1 aromatic carbocycles. The molecule has 0 aromatic heterocycles. The highest BCUT2D eigenvalue weighted by Crippen LogP contribution is 2.13. The molecule has 0 saturated heterocycles. The molecule has 1 atom stereocenters. The molecule has 0 amide bonds. The Morgan fingerprint density at radius 1 is 1.44 bits per heavy atom. The minimum absolute atomic E-state index is 0.277. The van der Waals surface area contributed by atoms with E-state index in [2.05, 4.69) is 0 Å². The summed E-state index contributed by atoms with van der Waals surface area (Å²) in [6, 6.07) is 4.61. The van der Waals surface area contributed by atoms with E-state index < -0.39 is 6.10 Å². The van der Waals surface area contributed by atoms with E-state index in [9.17, 15) is 9.50 Å². The first-order chi connectivity index (χ1) is 8.56. The molecule has 0 aliphatic rings. The molecule has 0 heterocycles. The Morgan fingerprint density at radius 3 is 2.78 bits per heavy atom. The molecule has 0 spiro atoms. The monoisotopic (exact) mass is 256 g/mol. The van der Waals surface area contributed by atoms with Crippen molar-refractivity contribution in [2.75, 3.05) is 27.3 Å². The topological polar surface area (TPSA) is 58.7 Å². The Labute approximate surface area is 107 Å². The van der Waals surface area contributed by atoms with Crippen LogP contribution in [0.2, 0.25) is 0 Å². The van der Waals surface area contributed by atoms with Crippen molar-refractivity contribution in [2.45, 2.75) is 19.2 Å². The number of benzene rings is 1. The summed E-state index contributed by atoms with van der Waals surface area (Å²) in [5.74, 6) is -0.277. The fraction of sp³-hybridized carbons (Fsp3) is 0.538. The normalized spacial score (nSPS) is 13.0. The predicted molar refractivity (Wildman–Crippen MR) is 68.5 cm³/mol. The lowest BCUT2D eigenvalue weighted by Gasteiger charge is -2.21. The summed E-state index contributed by atoms with van der Waals surface area (Å²) in [6.45, 7) is 1.72. The maximum Gasteiger partial charge on any atom is 0.123 e. The van der Waals surface area contributed by atoms with Crippen molar-refractivity contribution < 1.29 is 14.2 Å². The van der Waals surface area contributed by atoms with Gasteiger partial charge in [0.25, 0.3) is 0 Å². The number of hydrogen-bond donors (Lipinski definition) is 2. The summed E-state index contributed by atoms with van der Waals surface area (Å²) in [5.41, 5.74) is 7.36. The van der Waals surface area contributed by atoms with E-state index in [1.807, 2.05) is 11.9 Å². The van der Waals surface area contributed by atoms with Crippen LogP contribution in [0.1, 0.15) is 11.1 Å². The molecule has 1 aromatic rings. The molecule has 0 fully saturated rings. The molecular weight excluding hydrogens is 235 g/mol. The van der Waals surface area contributed by atoms with E-state index in [1.165, 1.54) is 12.1 Å². The number of halogens is 1. The molecule has 4 nitrogen and oxygen atoms in total. The van der Waals surface area contributed by atoms with Crippen molar-refractivity contribution in [1.29, 1.82) is 0 Å². The van der Waals surface area contributed by atoms with Crippen molar-refractivity contribution in [1.82, 2.24) is 4.90 Å². The van der Waals surface area contributed by atoms with Crippen LogP contribution in [0.4, 0.5) is 4.39 Å². The van der Waals surface area contributed by atoms with Crippen LogP contribution in [0.15, 0.2) is 18.2 Å². The fourth-order valence-electron chi connectivity index (χ4n) is 1.90. The van der Waals surface area contributed by atoms with Crippen molar-refractivity contribution >= 4 is 0 Å². The molecule has 0 aliphatic heterocycles. The van der Waals surface area contributed by atoms with Crippen LogP contribution in [-0.4, -0.2) is 43.4 Å². The quantitative estimate of drug-likeness (QED) is 0.755. The van der Waals surface area contributed by atoms with Gasteiger partial charge in [-0.15, -0.1) is 0 Å². The van der Waals surface area contributed by atoms with Gasteiger partial charge in [0.15, 0.2) is 0 Å². The van der Waals surface area contributed by atoms with Gasteiger partial charge in [0.05, 0.1) is 12.7 Å². The number of rotatable bonds is 7. The van der Waals surface area contributed by atoms with E-state index in [0.717, 1.165) is 11.1 Å². The molecular formula is C13H21FN2O2. The maximum atomic E-state index is 13.1. The fourth-order valence-corrected chi connectivity index (χ4v) is 1.90. The molecule has 1 rings (SSSR count). The maximum absolute atomic E-state index is 13.1. The summed E-state index contributed by atoms with van der Waals surface area (Å²) >= 11 is 0. The van der Waals surface area contributed by atoms with Gasteiger partial charge in [0.2, 0.25) is 0 Å². The third-order valence-corrected chi connectivity index (χ3v) is 2.71. The van der Waals surface area contributed by atoms with E-state index in [0.29, 0.717) is 26.2 Å². The van der Waals surface area contributed by atoms with Gasteiger partial charge in [-0.05, 0) is 30.3 Å². The van der Waals surface area contributed by atoms with Crippen molar-refractivity contribution in [3.63, 3.8) is 0 Å². The summed E-state index contributed by atoms with van der Waals surface area (Å²) in [4.78, 5) is 1.95. The van der Waals surface area contributed by atoms with Crippen LogP contribution in [-0.2, 0) is 17.8 Å². The summed E-state index contributed by atoms with van der Waals surface area (Å²) in [7, 11) is 3.44. The zero-order chi connectivity index (χ0) is 13.5. The Kier molecular flexibility index (Phi) is 6.21. The van der Waals surface area contributed by atoms with E-state index in [1.54, 1.807) is 13.2 Å². The van der Waals surface area contributed by atoms with Gasteiger partial charge in [0.1, 0.15) is 5.82 Å². The molecule has 0 bridgehead atoms. The van der Waals surface area contributed by atoms with Crippen LogP contribution in [0.3, 0.4) is 0 Å². The number of nitrogens with two attached hydrogens (primary N) is 1. The molecule has 1 unspecified atom stereocenters. The summed E-state index contributed by atoms with van der Waals surface area (Å²) < 4.78 is 17.9. The van der Waals surface area contributed by atoms with Gasteiger partial charge in [-0.2, -0.15) is 0 Å². The third-order valence-electron chi connectivity index (χ3n) is 2.71. The summed E-state index contributed by atoms with van der Waals surface area (Å²) in [5, 5.41) is 9.62. The largest absolute Gasteiger partial charge is 0.389 e. The van der Waals surface area contributed by atoms with Crippen LogP contribution in [0, 0.1) is 5.82 Å². The number of likely N-dealkylation sites (N-methyl/N-ethyl adjacent to an activating group) is 1. The van der Waals surface area contributed by atoms with Crippen molar-refractivity contribution in [2.24, 2.45) is 5.73 Å². The van der Waals surface area contributed by atoms with Gasteiger partial charge < -0.3 is 15.6 Å². The lowest BCUT2D eigenvalue weighted by atomic mass is 10.1. The third kappa shape index (κ3) is 4.70. The zero-order valence-corrected chi connectivity index (χ0v) is 10.9. The highest BCUT2D eigenvalue weighted by molar-refractivity contribution is 5.27.